The average molecular weight is 284 g/mol. The fraction of sp³-hybridized carbons (Fsp3) is 0.333. The predicted octanol–water partition coefficient (Wildman–Crippen LogP) is 3.93. The van der Waals surface area contributed by atoms with E-state index in [1.807, 2.05) is 24.3 Å². The molecule has 0 aliphatic heterocycles. The van der Waals surface area contributed by atoms with Gasteiger partial charge in [0.15, 0.2) is 0 Å². The number of methoxy groups -OCH3 is 1. The Bertz CT molecular complexity index is 564. The molecule has 0 bridgehead atoms. The molecule has 1 unspecified atom stereocenters. The average Bonchev–Trinajstić information content (AvgIpc) is 2.53. The Hall–Kier alpha value is -2.00. The van der Waals surface area contributed by atoms with Crippen LogP contribution in [0.25, 0.3) is 0 Å². The van der Waals surface area contributed by atoms with Gasteiger partial charge in [-0.3, -0.25) is 0 Å². The Morgan fingerprint density at radius 1 is 1.05 bits per heavy atom. The lowest BCUT2D eigenvalue weighted by Crippen LogP contribution is -2.20. The van der Waals surface area contributed by atoms with E-state index in [0.29, 0.717) is 12.5 Å². The van der Waals surface area contributed by atoms with E-state index in [0.717, 1.165) is 11.4 Å². The van der Waals surface area contributed by atoms with Crippen molar-refractivity contribution in [3.05, 3.63) is 59.7 Å². The minimum absolute atomic E-state index is 0.0957. The van der Waals surface area contributed by atoms with Crippen LogP contribution in [0.2, 0.25) is 0 Å². The first-order chi connectivity index (χ1) is 10.1. The van der Waals surface area contributed by atoms with Gasteiger partial charge in [-0.25, -0.2) is 0 Å². The lowest BCUT2D eigenvalue weighted by atomic mass is 9.99. The maximum Gasteiger partial charge on any atom is 0.120 e. The van der Waals surface area contributed by atoms with Crippen LogP contribution in [0.5, 0.6) is 5.75 Å². The van der Waals surface area contributed by atoms with Crippen LogP contribution < -0.4 is 15.8 Å². The molecule has 2 aromatic rings. The molecule has 0 spiro atoms. The van der Waals surface area contributed by atoms with E-state index in [1.54, 1.807) is 7.11 Å². The van der Waals surface area contributed by atoms with Crippen molar-refractivity contribution in [3.63, 3.8) is 0 Å². The minimum Gasteiger partial charge on any atom is -0.497 e. The number of benzene rings is 2. The Morgan fingerprint density at radius 3 is 2.29 bits per heavy atom. The molecule has 0 aromatic heterocycles. The molecule has 3 heteroatoms. The molecule has 3 N–H and O–H groups in total. The molecule has 112 valence electrons. The molecule has 2 aromatic carbocycles. The number of anilines is 1. The topological polar surface area (TPSA) is 47.3 Å². The van der Waals surface area contributed by atoms with Gasteiger partial charge >= 0.3 is 0 Å². The summed E-state index contributed by atoms with van der Waals surface area (Å²) in [7, 11) is 1.67. The van der Waals surface area contributed by atoms with Crippen LogP contribution in [0.4, 0.5) is 5.69 Å². The van der Waals surface area contributed by atoms with Crippen LogP contribution in [0.3, 0.4) is 0 Å². The number of nitrogens with two attached hydrogens (primary N) is 1. The van der Waals surface area contributed by atoms with Gasteiger partial charge in [0, 0.05) is 18.3 Å². The summed E-state index contributed by atoms with van der Waals surface area (Å²) < 4.78 is 5.25. The molecule has 0 aliphatic carbocycles. The minimum atomic E-state index is 0.0957. The number of hydrogen-bond acceptors (Lipinski definition) is 3. The lowest BCUT2D eigenvalue weighted by Gasteiger charge is -2.19. The van der Waals surface area contributed by atoms with Gasteiger partial charge in [0.25, 0.3) is 0 Å². The number of nitrogens with one attached hydrogen (secondary N) is 1. The first kappa shape index (κ1) is 15.4. The summed E-state index contributed by atoms with van der Waals surface area (Å²) in [5.74, 6) is 1.38. The SMILES string of the molecule is COc1cccc(NC(CN)c2ccc(C(C)C)cc2)c1. The van der Waals surface area contributed by atoms with Crippen LogP contribution in [0.1, 0.15) is 36.9 Å². The van der Waals surface area contributed by atoms with Crippen molar-refractivity contribution in [2.45, 2.75) is 25.8 Å². The number of rotatable bonds is 6. The van der Waals surface area contributed by atoms with E-state index < -0.39 is 0 Å². The second-order valence-corrected chi connectivity index (χ2v) is 5.49. The van der Waals surface area contributed by atoms with Gasteiger partial charge in [0.05, 0.1) is 13.2 Å². The monoisotopic (exact) mass is 284 g/mol. The highest BCUT2D eigenvalue weighted by Gasteiger charge is 2.10. The van der Waals surface area contributed by atoms with Gasteiger partial charge in [-0.1, -0.05) is 44.2 Å². The second-order valence-electron chi connectivity index (χ2n) is 5.49. The van der Waals surface area contributed by atoms with Gasteiger partial charge in [-0.2, -0.15) is 0 Å². The molecule has 3 nitrogen and oxygen atoms in total. The van der Waals surface area contributed by atoms with E-state index in [1.165, 1.54) is 11.1 Å². The molecule has 0 saturated heterocycles. The molecule has 0 radical (unpaired) electrons. The third-order valence-corrected chi connectivity index (χ3v) is 3.65. The quantitative estimate of drug-likeness (QED) is 0.845. The van der Waals surface area contributed by atoms with Crippen LogP contribution in [-0.4, -0.2) is 13.7 Å². The van der Waals surface area contributed by atoms with E-state index >= 15 is 0 Å². The molecule has 0 fully saturated rings. The third-order valence-electron chi connectivity index (χ3n) is 3.65. The zero-order chi connectivity index (χ0) is 15.2. The first-order valence-corrected chi connectivity index (χ1v) is 7.34. The van der Waals surface area contributed by atoms with Gasteiger partial charge in [0.2, 0.25) is 0 Å². The van der Waals surface area contributed by atoms with E-state index in [2.05, 4.69) is 43.4 Å². The highest BCUT2D eigenvalue weighted by atomic mass is 16.5. The van der Waals surface area contributed by atoms with Crippen molar-refractivity contribution in [3.8, 4) is 5.75 Å². The van der Waals surface area contributed by atoms with Crippen molar-refractivity contribution in [1.82, 2.24) is 0 Å². The number of hydrogen-bond donors (Lipinski definition) is 2. The fourth-order valence-electron chi connectivity index (χ4n) is 2.31. The summed E-state index contributed by atoms with van der Waals surface area (Å²) in [6.45, 7) is 4.94. The zero-order valence-electron chi connectivity index (χ0n) is 13.0. The van der Waals surface area contributed by atoms with Crippen LogP contribution in [0, 0.1) is 0 Å². The Kier molecular flexibility index (Phi) is 5.23. The molecule has 1 atom stereocenters. The number of ether oxygens (including phenoxy) is 1. The Balaban J connectivity index is 2.15. The van der Waals surface area contributed by atoms with Gasteiger partial charge in [-0.15, -0.1) is 0 Å². The van der Waals surface area contributed by atoms with Gasteiger partial charge in [-0.05, 0) is 29.2 Å². The summed E-state index contributed by atoms with van der Waals surface area (Å²) in [5.41, 5.74) is 9.48. The van der Waals surface area contributed by atoms with Gasteiger partial charge < -0.3 is 15.8 Å². The maximum absolute atomic E-state index is 5.93. The van der Waals surface area contributed by atoms with Crippen molar-refractivity contribution in [1.29, 1.82) is 0 Å². The van der Waals surface area contributed by atoms with Crippen molar-refractivity contribution >= 4 is 5.69 Å². The molecule has 0 heterocycles. The highest BCUT2D eigenvalue weighted by molar-refractivity contribution is 5.50. The predicted molar refractivity (Wildman–Crippen MR) is 88.9 cm³/mol. The standard InChI is InChI=1S/C18H24N2O/c1-13(2)14-7-9-15(10-8-14)18(12-19)20-16-5-4-6-17(11-16)21-3/h4-11,13,18,20H,12,19H2,1-3H3. The van der Waals surface area contributed by atoms with Gasteiger partial charge in [0.1, 0.15) is 5.75 Å². The fourth-order valence-corrected chi connectivity index (χ4v) is 2.31. The summed E-state index contributed by atoms with van der Waals surface area (Å²) in [5, 5.41) is 3.46. The molecule has 21 heavy (non-hydrogen) atoms. The smallest absolute Gasteiger partial charge is 0.120 e. The Labute approximate surface area is 127 Å². The van der Waals surface area contributed by atoms with E-state index in [4.69, 9.17) is 10.5 Å². The largest absolute Gasteiger partial charge is 0.497 e. The van der Waals surface area contributed by atoms with Crippen LogP contribution in [0.15, 0.2) is 48.5 Å². The summed E-state index contributed by atoms with van der Waals surface area (Å²) >= 11 is 0. The molecule has 0 aliphatic rings. The normalized spacial score (nSPS) is 12.2. The zero-order valence-corrected chi connectivity index (χ0v) is 13.0. The van der Waals surface area contributed by atoms with Crippen molar-refractivity contribution < 1.29 is 4.74 Å². The highest BCUT2D eigenvalue weighted by Crippen LogP contribution is 2.24. The summed E-state index contributed by atoms with van der Waals surface area (Å²) in [6.07, 6.45) is 0. The van der Waals surface area contributed by atoms with Crippen LogP contribution >= 0.6 is 0 Å². The first-order valence-electron chi connectivity index (χ1n) is 7.34. The van der Waals surface area contributed by atoms with Crippen molar-refractivity contribution in [2.24, 2.45) is 5.73 Å². The van der Waals surface area contributed by atoms with Crippen LogP contribution in [-0.2, 0) is 0 Å². The lowest BCUT2D eigenvalue weighted by molar-refractivity contribution is 0.415. The molecule has 0 saturated carbocycles. The third kappa shape index (κ3) is 3.99. The maximum atomic E-state index is 5.93. The van der Waals surface area contributed by atoms with E-state index in [9.17, 15) is 0 Å². The summed E-state index contributed by atoms with van der Waals surface area (Å²) in [4.78, 5) is 0. The van der Waals surface area contributed by atoms with E-state index in [-0.39, 0.29) is 6.04 Å². The van der Waals surface area contributed by atoms with Crippen molar-refractivity contribution in [2.75, 3.05) is 19.0 Å². The Morgan fingerprint density at radius 2 is 1.71 bits per heavy atom. The summed E-state index contributed by atoms with van der Waals surface area (Å²) in [6, 6.07) is 16.7. The molecular weight excluding hydrogens is 260 g/mol. The second kappa shape index (κ2) is 7.14. The molecular formula is C18H24N2O. The molecule has 0 amide bonds. The molecule has 2 rings (SSSR count).